The number of hydrogen-bond donors (Lipinski definition) is 1. The Morgan fingerprint density at radius 1 is 1.11 bits per heavy atom. The molecule has 1 aromatic heterocycles. The third-order valence-corrected chi connectivity index (χ3v) is 4.69. The lowest BCUT2D eigenvalue weighted by atomic mass is 10.3. The average molecular weight is 408 g/mol. The molecule has 0 aliphatic rings. The topological polar surface area (TPSA) is 60.5 Å². The van der Waals surface area contributed by atoms with E-state index in [1.54, 1.807) is 6.92 Å². The summed E-state index contributed by atoms with van der Waals surface area (Å²) in [4.78, 5) is 17.2. The number of nitrogens with one attached hydrogen (secondary N) is 1. The summed E-state index contributed by atoms with van der Waals surface area (Å²) in [5.74, 6) is -0.232. The van der Waals surface area contributed by atoms with Crippen LogP contribution in [0.1, 0.15) is 20.4 Å². The largest absolute Gasteiger partial charge is 0.486 e. The zero-order valence-electron chi connectivity index (χ0n) is 14.6. The molecular formula is C19H15F3N2O3S. The van der Waals surface area contributed by atoms with Crippen molar-refractivity contribution in [3.63, 3.8) is 0 Å². The van der Waals surface area contributed by atoms with Crippen molar-refractivity contribution in [3.8, 4) is 11.5 Å². The van der Waals surface area contributed by atoms with Crippen molar-refractivity contribution in [2.75, 3.05) is 5.32 Å². The summed E-state index contributed by atoms with van der Waals surface area (Å²) in [5.41, 5.74) is 0.974. The van der Waals surface area contributed by atoms with E-state index in [0.717, 1.165) is 0 Å². The number of hydrogen-bond acceptors (Lipinski definition) is 5. The Kier molecular flexibility index (Phi) is 6.15. The lowest BCUT2D eigenvalue weighted by Crippen LogP contribution is -2.11. The molecule has 1 N–H and O–H groups in total. The van der Waals surface area contributed by atoms with E-state index in [9.17, 15) is 18.0 Å². The predicted octanol–water partition coefficient (Wildman–Crippen LogP) is 5.02. The number of halogens is 3. The van der Waals surface area contributed by atoms with Crippen LogP contribution in [0.15, 0.2) is 48.5 Å². The molecule has 0 radical (unpaired) electrons. The monoisotopic (exact) mass is 408 g/mol. The molecule has 0 aliphatic carbocycles. The minimum absolute atomic E-state index is 0.00204. The number of carbonyl (C=O) groups is 1. The second-order valence-corrected chi connectivity index (χ2v) is 6.71. The van der Waals surface area contributed by atoms with Crippen LogP contribution in [0, 0.1) is 12.7 Å². The fraction of sp³-hybridized carbons (Fsp3) is 0.158. The van der Waals surface area contributed by atoms with E-state index >= 15 is 0 Å². The van der Waals surface area contributed by atoms with Crippen LogP contribution in [0.4, 0.5) is 18.9 Å². The van der Waals surface area contributed by atoms with Crippen LogP contribution in [0.2, 0.25) is 0 Å². The summed E-state index contributed by atoms with van der Waals surface area (Å²) in [6.45, 7) is -1.06. The molecule has 0 saturated carbocycles. The Hall–Kier alpha value is -3.07. The molecule has 0 bridgehead atoms. The molecule has 1 amide bonds. The quantitative estimate of drug-likeness (QED) is 0.596. The number of thiazole rings is 1. The number of rotatable bonds is 7. The minimum Gasteiger partial charge on any atom is -0.486 e. The molecule has 3 rings (SSSR count). The maximum absolute atomic E-state index is 12.9. The smallest absolute Gasteiger partial charge is 0.387 e. The van der Waals surface area contributed by atoms with Gasteiger partial charge in [0, 0.05) is 5.69 Å². The standard InChI is InChI=1S/C19H15F3N2O3S/c1-11-17(18(25)24-13-4-8-15(9-5-13)27-19(21)22)28-16(23-11)10-26-14-6-2-12(20)3-7-14/h2-9,19H,10H2,1H3,(H,24,25). The van der Waals surface area contributed by atoms with Gasteiger partial charge in [0.1, 0.15) is 33.8 Å². The Bertz CT molecular complexity index is 944. The number of carbonyl (C=O) groups excluding carboxylic acids is 1. The number of aromatic nitrogens is 1. The molecule has 0 aliphatic heterocycles. The third-order valence-electron chi connectivity index (χ3n) is 3.56. The molecule has 3 aromatic rings. The summed E-state index contributed by atoms with van der Waals surface area (Å²) in [5, 5.41) is 3.27. The molecule has 0 spiro atoms. The number of nitrogens with zero attached hydrogens (tertiary/aromatic N) is 1. The van der Waals surface area contributed by atoms with E-state index in [4.69, 9.17) is 4.74 Å². The van der Waals surface area contributed by atoms with Gasteiger partial charge in [-0.05, 0) is 55.5 Å². The SMILES string of the molecule is Cc1nc(COc2ccc(F)cc2)sc1C(=O)Nc1ccc(OC(F)F)cc1. The molecule has 0 fully saturated rings. The highest BCUT2D eigenvalue weighted by molar-refractivity contribution is 7.13. The van der Waals surface area contributed by atoms with Crippen LogP contribution in [0.25, 0.3) is 0 Å². The van der Waals surface area contributed by atoms with Gasteiger partial charge in [-0.1, -0.05) is 0 Å². The fourth-order valence-corrected chi connectivity index (χ4v) is 3.18. The number of aryl methyl sites for hydroxylation is 1. The molecule has 1 heterocycles. The third kappa shape index (κ3) is 5.23. The first-order chi connectivity index (χ1) is 13.4. The van der Waals surface area contributed by atoms with Crippen molar-refractivity contribution in [1.82, 2.24) is 4.98 Å². The van der Waals surface area contributed by atoms with Crippen molar-refractivity contribution in [3.05, 3.63) is 69.9 Å². The van der Waals surface area contributed by atoms with Crippen molar-refractivity contribution in [1.29, 1.82) is 0 Å². The molecular weight excluding hydrogens is 393 g/mol. The maximum Gasteiger partial charge on any atom is 0.387 e. The van der Waals surface area contributed by atoms with Crippen LogP contribution in [-0.4, -0.2) is 17.5 Å². The van der Waals surface area contributed by atoms with E-state index in [2.05, 4.69) is 15.0 Å². The first-order valence-corrected chi connectivity index (χ1v) is 8.93. The van der Waals surface area contributed by atoms with Gasteiger partial charge in [-0.25, -0.2) is 9.37 Å². The molecule has 9 heteroatoms. The molecule has 146 valence electrons. The molecule has 5 nitrogen and oxygen atoms in total. The van der Waals surface area contributed by atoms with Gasteiger partial charge in [0.15, 0.2) is 0 Å². The van der Waals surface area contributed by atoms with Gasteiger partial charge in [-0.2, -0.15) is 8.78 Å². The predicted molar refractivity (Wildman–Crippen MR) is 98.6 cm³/mol. The first kappa shape index (κ1) is 19.7. The number of benzene rings is 2. The number of ether oxygens (including phenoxy) is 2. The first-order valence-electron chi connectivity index (χ1n) is 8.11. The molecule has 2 aromatic carbocycles. The van der Waals surface area contributed by atoms with Gasteiger partial charge in [0.25, 0.3) is 5.91 Å². The van der Waals surface area contributed by atoms with Crippen LogP contribution < -0.4 is 14.8 Å². The lowest BCUT2D eigenvalue weighted by molar-refractivity contribution is -0.0498. The van der Waals surface area contributed by atoms with Crippen LogP contribution in [-0.2, 0) is 6.61 Å². The summed E-state index contributed by atoms with van der Waals surface area (Å²) in [6.07, 6.45) is 0. The highest BCUT2D eigenvalue weighted by Gasteiger charge is 2.16. The van der Waals surface area contributed by atoms with E-state index in [1.807, 2.05) is 0 Å². The van der Waals surface area contributed by atoms with Crippen LogP contribution >= 0.6 is 11.3 Å². The maximum atomic E-state index is 12.9. The number of amides is 1. The van der Waals surface area contributed by atoms with E-state index in [1.165, 1.54) is 59.9 Å². The van der Waals surface area contributed by atoms with Crippen molar-refractivity contribution >= 4 is 22.9 Å². The van der Waals surface area contributed by atoms with E-state index in [-0.39, 0.29) is 24.1 Å². The van der Waals surface area contributed by atoms with Gasteiger partial charge in [0.05, 0.1) is 5.69 Å². The summed E-state index contributed by atoms with van der Waals surface area (Å²) in [7, 11) is 0. The number of anilines is 1. The minimum atomic E-state index is -2.91. The van der Waals surface area contributed by atoms with E-state index in [0.29, 0.717) is 27.0 Å². The van der Waals surface area contributed by atoms with Gasteiger partial charge in [-0.3, -0.25) is 4.79 Å². The van der Waals surface area contributed by atoms with Gasteiger partial charge in [-0.15, -0.1) is 11.3 Å². The van der Waals surface area contributed by atoms with Crippen LogP contribution in [0.5, 0.6) is 11.5 Å². The average Bonchev–Trinajstić information content (AvgIpc) is 3.03. The van der Waals surface area contributed by atoms with E-state index < -0.39 is 6.61 Å². The van der Waals surface area contributed by atoms with Crippen molar-refractivity contribution in [2.24, 2.45) is 0 Å². The fourth-order valence-electron chi connectivity index (χ4n) is 2.31. The zero-order chi connectivity index (χ0) is 20.1. The van der Waals surface area contributed by atoms with Gasteiger partial charge in [0.2, 0.25) is 0 Å². The second kappa shape index (κ2) is 8.75. The van der Waals surface area contributed by atoms with Crippen molar-refractivity contribution < 1.29 is 27.4 Å². The molecule has 0 atom stereocenters. The molecule has 0 saturated heterocycles. The summed E-state index contributed by atoms with van der Waals surface area (Å²) < 4.78 is 47.0. The highest BCUT2D eigenvalue weighted by atomic mass is 32.1. The van der Waals surface area contributed by atoms with Gasteiger partial charge >= 0.3 is 6.61 Å². The summed E-state index contributed by atoms with van der Waals surface area (Å²) >= 11 is 1.17. The lowest BCUT2D eigenvalue weighted by Gasteiger charge is -2.07. The Balaban J connectivity index is 1.61. The number of alkyl halides is 2. The van der Waals surface area contributed by atoms with Gasteiger partial charge < -0.3 is 14.8 Å². The zero-order valence-corrected chi connectivity index (χ0v) is 15.4. The second-order valence-electron chi connectivity index (χ2n) is 5.62. The Labute approximate surface area is 162 Å². The highest BCUT2D eigenvalue weighted by Crippen LogP contribution is 2.23. The Morgan fingerprint density at radius 2 is 1.75 bits per heavy atom. The molecule has 28 heavy (non-hydrogen) atoms. The summed E-state index contributed by atoms with van der Waals surface area (Å²) in [6, 6.07) is 11.2. The van der Waals surface area contributed by atoms with Crippen molar-refractivity contribution in [2.45, 2.75) is 20.1 Å². The normalized spacial score (nSPS) is 10.8. The van der Waals surface area contributed by atoms with Crippen LogP contribution in [0.3, 0.4) is 0 Å². The molecule has 0 unspecified atom stereocenters. The Morgan fingerprint density at radius 3 is 2.39 bits per heavy atom.